The lowest BCUT2D eigenvalue weighted by atomic mass is 10.1. The third kappa shape index (κ3) is 21.6. The highest BCUT2D eigenvalue weighted by atomic mass is 16.5. The van der Waals surface area contributed by atoms with E-state index in [0.29, 0.717) is 45.9 Å². The van der Waals surface area contributed by atoms with Crippen LogP contribution in [0.15, 0.2) is 0 Å². The molecular formula is C30H53N5O13. The number of hydrogen-bond donors (Lipinski definition) is 5. The lowest BCUT2D eigenvalue weighted by molar-refractivity contribution is -0.145. The van der Waals surface area contributed by atoms with Gasteiger partial charge in [0, 0.05) is 78.2 Å². The summed E-state index contributed by atoms with van der Waals surface area (Å²) in [6.07, 6.45) is 0.752. The number of carbonyl (C=O) groups excluding carboxylic acids is 2. The highest BCUT2D eigenvalue weighted by Crippen LogP contribution is 2.11. The fraction of sp³-hybridized carbons (Fsp3) is 0.800. The molecule has 1 fully saturated rings. The number of carbonyl (C=O) groups is 6. The zero-order valence-corrected chi connectivity index (χ0v) is 27.9. The first-order valence-electron chi connectivity index (χ1n) is 16.2. The van der Waals surface area contributed by atoms with Crippen LogP contribution in [0.4, 0.5) is 0 Å². The number of ketones is 1. The van der Waals surface area contributed by atoms with Gasteiger partial charge >= 0.3 is 23.9 Å². The maximum Gasteiger partial charge on any atom is 0.320 e. The average molecular weight is 692 g/mol. The first-order valence-corrected chi connectivity index (χ1v) is 16.2. The molecule has 1 aliphatic rings. The van der Waals surface area contributed by atoms with Crippen LogP contribution in [0.1, 0.15) is 32.6 Å². The summed E-state index contributed by atoms with van der Waals surface area (Å²) in [5.41, 5.74) is 0. The Labute approximate surface area is 280 Å². The molecule has 0 spiro atoms. The van der Waals surface area contributed by atoms with E-state index in [2.05, 4.69) is 5.32 Å². The Balaban J connectivity index is 2.62. The Morgan fingerprint density at radius 2 is 1.02 bits per heavy atom. The maximum atomic E-state index is 12.5. The predicted octanol–water partition coefficient (Wildman–Crippen LogP) is -1.77. The van der Waals surface area contributed by atoms with Crippen LogP contribution in [0.25, 0.3) is 0 Å². The number of carboxylic acids is 4. The lowest BCUT2D eigenvalue weighted by Crippen LogP contribution is -2.52. The van der Waals surface area contributed by atoms with E-state index in [0.717, 1.165) is 0 Å². The SMILES string of the molecule is CCC(=O)CCOCCOCCOCCNC(=O)CCC(C(=O)O)N1CCN(CC(=O)O)CCN(CC(=O)O)CCN(CC(=O)O)CC1. The minimum absolute atomic E-state index is 0.0329. The Morgan fingerprint density at radius 3 is 1.44 bits per heavy atom. The number of rotatable bonds is 24. The Hall–Kier alpha value is -3.26. The molecule has 1 rings (SSSR count). The topological polar surface area (TPSA) is 236 Å². The van der Waals surface area contributed by atoms with Gasteiger partial charge in [0.15, 0.2) is 0 Å². The number of nitrogens with one attached hydrogen (secondary N) is 1. The number of ether oxygens (including phenoxy) is 3. The third-order valence-electron chi connectivity index (χ3n) is 7.55. The van der Waals surface area contributed by atoms with E-state index >= 15 is 0 Å². The molecule has 1 unspecified atom stereocenters. The fourth-order valence-corrected chi connectivity index (χ4v) is 4.90. The first-order chi connectivity index (χ1) is 22.9. The molecule has 1 heterocycles. The highest BCUT2D eigenvalue weighted by molar-refractivity contribution is 5.78. The molecule has 5 N–H and O–H groups in total. The van der Waals surface area contributed by atoms with Gasteiger partial charge in [0.25, 0.3) is 0 Å². The van der Waals surface area contributed by atoms with Gasteiger partial charge in [-0.1, -0.05) is 6.92 Å². The molecule has 1 aliphatic heterocycles. The van der Waals surface area contributed by atoms with Crippen LogP contribution < -0.4 is 5.32 Å². The number of carboxylic acid groups (broad SMARTS) is 4. The molecule has 0 saturated carbocycles. The van der Waals surface area contributed by atoms with Crippen molar-refractivity contribution in [2.75, 3.05) is 118 Å². The molecule has 18 nitrogen and oxygen atoms in total. The van der Waals surface area contributed by atoms with Crippen molar-refractivity contribution in [2.24, 2.45) is 0 Å². The predicted molar refractivity (Wildman–Crippen MR) is 170 cm³/mol. The van der Waals surface area contributed by atoms with Gasteiger partial charge in [-0.3, -0.25) is 48.4 Å². The van der Waals surface area contributed by atoms with E-state index in [4.69, 9.17) is 14.2 Å². The van der Waals surface area contributed by atoms with Crippen LogP contribution in [0.2, 0.25) is 0 Å². The van der Waals surface area contributed by atoms with E-state index in [1.54, 1.807) is 26.5 Å². The molecule has 1 atom stereocenters. The molecule has 0 radical (unpaired) electrons. The van der Waals surface area contributed by atoms with Gasteiger partial charge in [-0.2, -0.15) is 0 Å². The monoisotopic (exact) mass is 691 g/mol. The number of aliphatic carboxylic acids is 4. The van der Waals surface area contributed by atoms with Crippen LogP contribution in [0.5, 0.6) is 0 Å². The normalized spacial score (nSPS) is 16.8. The average Bonchev–Trinajstić information content (AvgIpc) is 3.01. The second kappa shape index (κ2) is 25.7. The zero-order chi connectivity index (χ0) is 35.7. The number of Topliss-reactive ketones (excluding diaryl/α,β-unsaturated/α-hetero) is 1. The summed E-state index contributed by atoms with van der Waals surface area (Å²) in [6.45, 7) is 4.46. The van der Waals surface area contributed by atoms with Gasteiger partial charge in [-0.25, -0.2) is 0 Å². The summed E-state index contributed by atoms with van der Waals surface area (Å²) in [6, 6.07) is -1.09. The van der Waals surface area contributed by atoms with Crippen molar-refractivity contribution in [1.82, 2.24) is 24.9 Å². The fourth-order valence-electron chi connectivity index (χ4n) is 4.90. The van der Waals surface area contributed by atoms with Crippen LogP contribution >= 0.6 is 0 Å². The summed E-state index contributed by atoms with van der Waals surface area (Å²) in [4.78, 5) is 76.9. The van der Waals surface area contributed by atoms with Gasteiger partial charge in [0.1, 0.15) is 11.8 Å². The molecule has 0 aromatic heterocycles. The summed E-state index contributed by atoms with van der Waals surface area (Å²) in [5, 5.41) is 40.9. The molecule has 0 aromatic carbocycles. The summed E-state index contributed by atoms with van der Waals surface area (Å²) in [7, 11) is 0. The number of hydrogen-bond acceptors (Lipinski definition) is 13. The van der Waals surface area contributed by atoms with E-state index in [9.17, 15) is 49.2 Å². The minimum Gasteiger partial charge on any atom is -0.480 e. The second-order valence-electron chi connectivity index (χ2n) is 11.3. The van der Waals surface area contributed by atoms with E-state index in [1.807, 2.05) is 0 Å². The van der Waals surface area contributed by atoms with Crippen molar-refractivity contribution in [3.63, 3.8) is 0 Å². The molecule has 1 amide bonds. The van der Waals surface area contributed by atoms with E-state index in [-0.39, 0.29) is 110 Å². The third-order valence-corrected chi connectivity index (χ3v) is 7.55. The van der Waals surface area contributed by atoms with Crippen molar-refractivity contribution >= 4 is 35.6 Å². The van der Waals surface area contributed by atoms with Gasteiger partial charge in [0.2, 0.25) is 5.91 Å². The van der Waals surface area contributed by atoms with E-state index in [1.165, 1.54) is 0 Å². The molecule has 0 bridgehead atoms. The van der Waals surface area contributed by atoms with Crippen LogP contribution in [0.3, 0.4) is 0 Å². The van der Waals surface area contributed by atoms with Crippen molar-refractivity contribution in [3.8, 4) is 0 Å². The highest BCUT2D eigenvalue weighted by Gasteiger charge is 2.28. The molecule has 48 heavy (non-hydrogen) atoms. The van der Waals surface area contributed by atoms with Gasteiger partial charge in [-0.15, -0.1) is 0 Å². The molecule has 18 heteroatoms. The molecule has 276 valence electrons. The smallest absolute Gasteiger partial charge is 0.320 e. The van der Waals surface area contributed by atoms with Crippen LogP contribution in [0, 0.1) is 0 Å². The first kappa shape index (κ1) is 42.8. The molecule has 1 saturated heterocycles. The van der Waals surface area contributed by atoms with E-state index < -0.39 is 29.9 Å². The largest absolute Gasteiger partial charge is 0.480 e. The Bertz CT molecular complexity index is 970. The quantitative estimate of drug-likeness (QED) is 0.0704. The molecule has 0 aliphatic carbocycles. The lowest BCUT2D eigenvalue weighted by Gasteiger charge is -2.35. The number of nitrogens with zero attached hydrogens (tertiary/aromatic N) is 4. The molecular weight excluding hydrogens is 638 g/mol. The van der Waals surface area contributed by atoms with Gasteiger partial charge < -0.3 is 40.0 Å². The Kier molecular flexibility index (Phi) is 22.9. The zero-order valence-electron chi connectivity index (χ0n) is 27.9. The number of amides is 1. The minimum atomic E-state index is -1.17. The van der Waals surface area contributed by atoms with Crippen molar-refractivity contribution in [2.45, 2.75) is 38.6 Å². The van der Waals surface area contributed by atoms with Gasteiger partial charge in [0.05, 0.1) is 59.3 Å². The van der Waals surface area contributed by atoms with Crippen LogP contribution in [-0.4, -0.2) is 200 Å². The maximum absolute atomic E-state index is 12.5. The standard InChI is InChI=1S/C30H53N5O13/c1-2-24(36)5-15-46-17-19-48-20-18-47-16-6-31-26(37)4-3-25(30(44)45)35-13-11-33(22-28(40)41)9-7-32(21-27(38)39)8-10-34(12-14-35)23-29(42)43/h25H,2-23H2,1H3,(H,31,37)(H,38,39)(H,40,41)(H,42,43)(H,44,45). The van der Waals surface area contributed by atoms with Crippen molar-refractivity contribution in [3.05, 3.63) is 0 Å². The van der Waals surface area contributed by atoms with Crippen LogP contribution in [-0.2, 0) is 43.0 Å². The summed E-state index contributed by atoms with van der Waals surface area (Å²) < 4.78 is 16.1. The summed E-state index contributed by atoms with van der Waals surface area (Å²) >= 11 is 0. The van der Waals surface area contributed by atoms with Crippen molar-refractivity contribution < 1.29 is 63.4 Å². The summed E-state index contributed by atoms with van der Waals surface area (Å²) in [5.74, 6) is -4.62. The second-order valence-corrected chi connectivity index (χ2v) is 11.3. The van der Waals surface area contributed by atoms with Crippen molar-refractivity contribution in [1.29, 1.82) is 0 Å². The van der Waals surface area contributed by atoms with Gasteiger partial charge in [-0.05, 0) is 6.42 Å². The molecule has 0 aromatic rings. The Morgan fingerprint density at radius 1 is 0.604 bits per heavy atom.